The summed E-state index contributed by atoms with van der Waals surface area (Å²) in [5.41, 5.74) is 0.478. The molecule has 2 N–H and O–H groups in total. The lowest BCUT2D eigenvalue weighted by Crippen LogP contribution is -2.30. The van der Waals surface area contributed by atoms with Gasteiger partial charge >= 0.3 is 5.97 Å². The van der Waals surface area contributed by atoms with Gasteiger partial charge in [-0.25, -0.2) is 17.9 Å². The van der Waals surface area contributed by atoms with Crippen LogP contribution in [-0.4, -0.2) is 26.0 Å². The van der Waals surface area contributed by atoms with Crippen molar-refractivity contribution in [2.24, 2.45) is 5.92 Å². The van der Waals surface area contributed by atoms with E-state index in [0.717, 1.165) is 37.0 Å². The van der Waals surface area contributed by atoms with E-state index in [1.54, 1.807) is 12.3 Å². The molecular formula is C14H23NO4S2. The first-order valence-electron chi connectivity index (χ1n) is 7.14. The summed E-state index contributed by atoms with van der Waals surface area (Å²) in [5.74, 6) is -0.918. The van der Waals surface area contributed by atoms with Crippen molar-refractivity contribution in [1.29, 1.82) is 0 Å². The van der Waals surface area contributed by atoms with Gasteiger partial charge in [0.2, 0.25) is 10.0 Å². The van der Waals surface area contributed by atoms with E-state index in [2.05, 4.69) is 11.6 Å². The van der Waals surface area contributed by atoms with Gasteiger partial charge in [-0.1, -0.05) is 33.1 Å². The third-order valence-electron chi connectivity index (χ3n) is 3.49. The average molecular weight is 333 g/mol. The molecule has 0 radical (unpaired) electrons. The first-order valence-corrected chi connectivity index (χ1v) is 9.50. The number of sulfonamides is 1. The number of unbranched alkanes of at least 4 members (excludes halogenated alkanes) is 1. The highest BCUT2D eigenvalue weighted by Gasteiger charge is 2.27. The molecule has 0 fully saturated rings. The monoisotopic (exact) mass is 333 g/mol. The van der Waals surface area contributed by atoms with Gasteiger partial charge in [-0.3, -0.25) is 0 Å². The summed E-state index contributed by atoms with van der Waals surface area (Å²) in [6.45, 7) is 6.11. The summed E-state index contributed by atoms with van der Waals surface area (Å²) in [6.07, 6.45) is 4.02. The zero-order valence-corrected chi connectivity index (χ0v) is 14.3. The van der Waals surface area contributed by atoms with Gasteiger partial charge in [0, 0.05) is 6.54 Å². The van der Waals surface area contributed by atoms with Crippen LogP contribution in [0.3, 0.4) is 0 Å². The highest BCUT2D eigenvalue weighted by atomic mass is 32.2. The molecule has 0 saturated heterocycles. The Hall–Kier alpha value is -0.920. The van der Waals surface area contributed by atoms with Crippen LogP contribution in [0.4, 0.5) is 0 Å². The van der Waals surface area contributed by atoms with Crippen LogP contribution in [0.15, 0.2) is 10.3 Å². The Morgan fingerprint density at radius 1 is 1.43 bits per heavy atom. The molecule has 0 amide bonds. The fourth-order valence-corrected chi connectivity index (χ4v) is 4.90. The number of rotatable bonds is 9. The molecule has 1 atom stereocenters. The number of carboxylic acid groups (broad SMARTS) is 1. The van der Waals surface area contributed by atoms with E-state index in [1.165, 1.54) is 0 Å². The number of hydrogen-bond acceptors (Lipinski definition) is 4. The van der Waals surface area contributed by atoms with E-state index in [1.807, 2.05) is 6.92 Å². The van der Waals surface area contributed by atoms with Gasteiger partial charge in [-0.2, -0.15) is 0 Å². The summed E-state index contributed by atoms with van der Waals surface area (Å²) < 4.78 is 27.3. The Morgan fingerprint density at radius 2 is 2.10 bits per heavy atom. The minimum Gasteiger partial charge on any atom is -0.477 e. The molecule has 120 valence electrons. The molecule has 1 aromatic rings. The molecule has 0 saturated carbocycles. The zero-order valence-electron chi connectivity index (χ0n) is 12.7. The maximum Gasteiger partial charge on any atom is 0.347 e. The Labute approximate surface area is 130 Å². The molecule has 1 rings (SSSR count). The van der Waals surface area contributed by atoms with Crippen LogP contribution in [0, 0.1) is 12.8 Å². The number of aromatic carboxylic acids is 1. The number of aryl methyl sites for hydroxylation is 1. The molecule has 0 aliphatic carbocycles. The summed E-state index contributed by atoms with van der Waals surface area (Å²) in [4.78, 5) is 10.9. The Bertz CT molecular complexity index is 578. The summed E-state index contributed by atoms with van der Waals surface area (Å²) in [5, 5.41) is 10.7. The van der Waals surface area contributed by atoms with Crippen molar-refractivity contribution in [3.8, 4) is 0 Å². The smallest absolute Gasteiger partial charge is 0.347 e. The van der Waals surface area contributed by atoms with Crippen molar-refractivity contribution < 1.29 is 18.3 Å². The molecule has 0 spiro atoms. The number of carbonyl (C=O) groups is 1. The summed E-state index contributed by atoms with van der Waals surface area (Å²) in [7, 11) is -3.77. The normalized spacial score (nSPS) is 13.3. The minimum atomic E-state index is -3.77. The van der Waals surface area contributed by atoms with Gasteiger partial charge in [0.1, 0.15) is 9.77 Å². The van der Waals surface area contributed by atoms with Crippen molar-refractivity contribution in [1.82, 2.24) is 4.72 Å². The molecule has 0 bridgehead atoms. The molecular weight excluding hydrogens is 310 g/mol. The van der Waals surface area contributed by atoms with Gasteiger partial charge < -0.3 is 5.11 Å². The van der Waals surface area contributed by atoms with E-state index >= 15 is 0 Å². The Morgan fingerprint density at radius 3 is 2.62 bits per heavy atom. The van der Waals surface area contributed by atoms with Crippen LogP contribution in [-0.2, 0) is 10.0 Å². The molecule has 1 aromatic heterocycles. The van der Waals surface area contributed by atoms with Crippen LogP contribution in [0.25, 0.3) is 0 Å². The third-order valence-corrected chi connectivity index (χ3v) is 6.31. The van der Waals surface area contributed by atoms with Crippen LogP contribution in [0.2, 0.25) is 0 Å². The van der Waals surface area contributed by atoms with Gasteiger partial charge in [-0.05, 0) is 30.2 Å². The second-order valence-electron chi connectivity index (χ2n) is 5.15. The molecule has 1 heterocycles. The Kier molecular flexibility index (Phi) is 6.83. The van der Waals surface area contributed by atoms with Crippen LogP contribution < -0.4 is 4.72 Å². The molecule has 0 aromatic carbocycles. The maximum atomic E-state index is 12.4. The first kappa shape index (κ1) is 18.1. The highest BCUT2D eigenvalue weighted by Crippen LogP contribution is 2.27. The molecule has 1 unspecified atom stereocenters. The van der Waals surface area contributed by atoms with Crippen LogP contribution in [0.5, 0.6) is 0 Å². The van der Waals surface area contributed by atoms with E-state index in [9.17, 15) is 13.2 Å². The molecule has 0 aliphatic heterocycles. The van der Waals surface area contributed by atoms with Gasteiger partial charge in [-0.15, -0.1) is 11.3 Å². The fraction of sp³-hybridized carbons (Fsp3) is 0.643. The molecule has 5 nitrogen and oxygen atoms in total. The van der Waals surface area contributed by atoms with E-state index < -0.39 is 16.0 Å². The number of thiophene rings is 1. The topological polar surface area (TPSA) is 83.5 Å². The third kappa shape index (κ3) is 4.79. The highest BCUT2D eigenvalue weighted by molar-refractivity contribution is 7.89. The second-order valence-corrected chi connectivity index (χ2v) is 7.73. The number of carboxylic acids is 1. The zero-order chi connectivity index (χ0) is 16.0. The SMILES string of the molecule is CCCCC(CC)CNS(=O)(=O)c1c(C)csc1C(=O)O. The Balaban J connectivity index is 2.87. The fourth-order valence-electron chi connectivity index (χ4n) is 2.16. The van der Waals surface area contributed by atoms with Gasteiger partial charge in [0.05, 0.1) is 0 Å². The number of hydrogen-bond donors (Lipinski definition) is 2. The van der Waals surface area contributed by atoms with E-state index in [4.69, 9.17) is 5.11 Å². The average Bonchev–Trinajstić information content (AvgIpc) is 2.82. The van der Waals surface area contributed by atoms with E-state index in [0.29, 0.717) is 12.1 Å². The van der Waals surface area contributed by atoms with Crippen molar-refractivity contribution in [3.63, 3.8) is 0 Å². The largest absolute Gasteiger partial charge is 0.477 e. The maximum absolute atomic E-state index is 12.4. The van der Waals surface area contributed by atoms with Gasteiger partial charge in [0.15, 0.2) is 0 Å². The molecule has 7 heteroatoms. The van der Waals surface area contributed by atoms with Crippen LogP contribution >= 0.6 is 11.3 Å². The first-order chi connectivity index (χ1) is 9.83. The number of nitrogens with one attached hydrogen (secondary N) is 1. The summed E-state index contributed by atoms with van der Waals surface area (Å²) in [6, 6.07) is 0. The lowest BCUT2D eigenvalue weighted by Gasteiger charge is -2.15. The van der Waals surface area contributed by atoms with Crippen molar-refractivity contribution in [3.05, 3.63) is 15.8 Å². The van der Waals surface area contributed by atoms with Gasteiger partial charge in [0.25, 0.3) is 0 Å². The quantitative estimate of drug-likeness (QED) is 0.726. The predicted octanol–water partition coefficient (Wildman–Crippen LogP) is 3.25. The molecule has 0 aliphatic rings. The minimum absolute atomic E-state index is 0.0923. The predicted molar refractivity (Wildman–Crippen MR) is 84.5 cm³/mol. The lowest BCUT2D eigenvalue weighted by atomic mass is 10.00. The molecule has 21 heavy (non-hydrogen) atoms. The summed E-state index contributed by atoms with van der Waals surface area (Å²) >= 11 is 0.946. The van der Waals surface area contributed by atoms with Crippen LogP contribution in [0.1, 0.15) is 54.8 Å². The van der Waals surface area contributed by atoms with Crippen molar-refractivity contribution in [2.75, 3.05) is 6.54 Å². The lowest BCUT2D eigenvalue weighted by molar-refractivity contribution is 0.0698. The second kappa shape index (κ2) is 7.91. The van der Waals surface area contributed by atoms with E-state index in [-0.39, 0.29) is 15.7 Å². The van der Waals surface area contributed by atoms with Crippen molar-refractivity contribution in [2.45, 2.75) is 51.3 Å². The van der Waals surface area contributed by atoms with Crippen molar-refractivity contribution >= 4 is 27.3 Å². The standard InChI is InChI=1S/C14H23NO4S2/c1-4-6-7-11(5-2)8-15-21(18,19)13-10(3)9-20-12(13)14(16)17/h9,11,15H,4-8H2,1-3H3,(H,16,17).